The monoisotopic (exact) mass is 476 g/mol. The summed E-state index contributed by atoms with van der Waals surface area (Å²) in [6, 6.07) is 28.1. The highest BCUT2D eigenvalue weighted by molar-refractivity contribution is 7.89. The predicted octanol–water partition coefficient (Wildman–Crippen LogP) is 5.67. The maximum atomic E-state index is 13.2. The van der Waals surface area contributed by atoms with Crippen LogP contribution in [-0.2, 0) is 10.0 Å². The van der Waals surface area contributed by atoms with Gasteiger partial charge in [0.05, 0.1) is 4.90 Å². The van der Waals surface area contributed by atoms with Gasteiger partial charge in [-0.25, -0.2) is 12.7 Å². The molecule has 3 aromatic rings. The number of nitrogens with zero attached hydrogens (tertiary/aromatic N) is 2. The van der Waals surface area contributed by atoms with Crippen molar-refractivity contribution in [2.75, 3.05) is 33.2 Å². The molecule has 1 heterocycles. The van der Waals surface area contributed by atoms with Crippen LogP contribution in [0.2, 0.25) is 0 Å². The maximum Gasteiger partial charge on any atom is 0.242 e. The van der Waals surface area contributed by atoms with Crippen molar-refractivity contribution >= 4 is 10.0 Å². The van der Waals surface area contributed by atoms with Gasteiger partial charge in [-0.1, -0.05) is 78.4 Å². The third-order valence-electron chi connectivity index (χ3n) is 7.09. The summed E-state index contributed by atoms with van der Waals surface area (Å²) in [5.41, 5.74) is 3.88. The zero-order valence-electron chi connectivity index (χ0n) is 20.3. The summed E-state index contributed by atoms with van der Waals surface area (Å²) in [6.45, 7) is 5.75. The average Bonchev–Trinajstić information content (AvgIpc) is 2.87. The van der Waals surface area contributed by atoms with Crippen molar-refractivity contribution in [3.05, 3.63) is 102 Å². The van der Waals surface area contributed by atoms with E-state index >= 15 is 0 Å². The van der Waals surface area contributed by atoms with Crippen molar-refractivity contribution in [3.63, 3.8) is 0 Å². The minimum atomic E-state index is -3.51. The van der Waals surface area contributed by atoms with Crippen molar-refractivity contribution in [1.29, 1.82) is 0 Å². The minimum absolute atomic E-state index is 0.148. The largest absolute Gasteiger partial charge is 0.303 e. The Morgan fingerprint density at radius 1 is 0.912 bits per heavy atom. The number of hydrogen-bond donors (Lipinski definition) is 0. The standard InChI is InChI=1S/C29H36N2O2S/c1-24-10-9-13-27(22-24)28(23-30(2)34(32,33)29-14-7-4-8-15-29)18-21-31-19-16-26(17-20-31)25-11-5-3-6-12-25/h3-15,22,26,28H,16-21,23H2,1-2H3/t28-/m0/s1. The number of likely N-dealkylation sites (tertiary alicyclic amines) is 1. The van der Waals surface area contributed by atoms with Gasteiger partial charge in [-0.15, -0.1) is 0 Å². The molecular weight excluding hydrogens is 440 g/mol. The lowest BCUT2D eigenvalue weighted by Crippen LogP contribution is -2.36. The van der Waals surface area contributed by atoms with Crippen LogP contribution >= 0.6 is 0 Å². The molecule has 0 saturated carbocycles. The van der Waals surface area contributed by atoms with Crippen molar-refractivity contribution in [3.8, 4) is 0 Å². The molecule has 0 amide bonds. The lowest BCUT2D eigenvalue weighted by molar-refractivity contribution is 0.203. The number of piperidine rings is 1. The summed E-state index contributed by atoms with van der Waals surface area (Å²) >= 11 is 0. The van der Waals surface area contributed by atoms with E-state index in [2.05, 4.69) is 66.4 Å². The van der Waals surface area contributed by atoms with Crippen LogP contribution in [0.1, 0.15) is 47.8 Å². The SMILES string of the molecule is Cc1cccc([C@@H](CCN2CCC(c3ccccc3)CC2)CN(C)S(=O)(=O)c2ccccc2)c1. The number of likely N-dealkylation sites (N-methyl/N-ethyl adjacent to an activating group) is 1. The Balaban J connectivity index is 1.42. The lowest BCUT2D eigenvalue weighted by atomic mass is 9.89. The second kappa shape index (κ2) is 11.3. The molecule has 4 nitrogen and oxygen atoms in total. The fourth-order valence-corrected chi connectivity index (χ4v) is 6.26. The molecule has 180 valence electrons. The van der Waals surface area contributed by atoms with Crippen LogP contribution in [0, 0.1) is 6.92 Å². The Morgan fingerprint density at radius 2 is 1.56 bits per heavy atom. The fraction of sp³-hybridized carbons (Fsp3) is 0.379. The van der Waals surface area contributed by atoms with Gasteiger partial charge in [-0.05, 0) is 80.9 Å². The smallest absolute Gasteiger partial charge is 0.242 e. The van der Waals surface area contributed by atoms with Gasteiger partial charge in [-0.2, -0.15) is 0 Å². The highest BCUT2D eigenvalue weighted by atomic mass is 32.2. The average molecular weight is 477 g/mol. The molecule has 4 rings (SSSR count). The van der Waals surface area contributed by atoms with Crippen molar-refractivity contribution in [2.24, 2.45) is 0 Å². The Bertz CT molecular complexity index is 1140. The van der Waals surface area contributed by atoms with Crippen LogP contribution in [0.3, 0.4) is 0 Å². The summed E-state index contributed by atoms with van der Waals surface area (Å²) in [6.07, 6.45) is 3.30. The molecule has 0 spiro atoms. The Labute approximate surface area is 205 Å². The molecule has 1 aliphatic heterocycles. The second-order valence-electron chi connectivity index (χ2n) is 9.52. The summed E-state index contributed by atoms with van der Waals surface area (Å²) in [7, 11) is -1.81. The molecule has 1 aliphatic rings. The van der Waals surface area contributed by atoms with Gasteiger partial charge < -0.3 is 4.90 Å². The van der Waals surface area contributed by atoms with E-state index in [1.807, 2.05) is 6.07 Å². The number of hydrogen-bond acceptors (Lipinski definition) is 3. The van der Waals surface area contributed by atoms with Crippen LogP contribution in [0.15, 0.2) is 89.8 Å². The molecule has 3 aromatic carbocycles. The molecule has 5 heteroatoms. The van der Waals surface area contributed by atoms with Gasteiger partial charge in [0.1, 0.15) is 0 Å². The molecule has 1 saturated heterocycles. The van der Waals surface area contributed by atoms with Gasteiger partial charge >= 0.3 is 0 Å². The third kappa shape index (κ3) is 6.15. The van der Waals surface area contributed by atoms with Crippen molar-refractivity contribution < 1.29 is 8.42 Å². The van der Waals surface area contributed by atoms with Crippen molar-refractivity contribution in [2.45, 2.75) is 42.9 Å². The van der Waals surface area contributed by atoms with Gasteiger partial charge in [0.2, 0.25) is 10.0 Å². The highest BCUT2D eigenvalue weighted by Gasteiger charge is 2.26. The Kier molecular flexibility index (Phi) is 8.19. The predicted molar refractivity (Wildman–Crippen MR) is 140 cm³/mol. The first-order valence-electron chi connectivity index (χ1n) is 12.3. The molecule has 1 atom stereocenters. The molecule has 34 heavy (non-hydrogen) atoms. The van der Waals surface area contributed by atoms with Crippen LogP contribution < -0.4 is 0 Å². The van der Waals surface area contributed by atoms with E-state index in [0.29, 0.717) is 17.4 Å². The second-order valence-corrected chi connectivity index (χ2v) is 11.6. The Morgan fingerprint density at radius 3 is 2.21 bits per heavy atom. The number of rotatable bonds is 9. The third-order valence-corrected chi connectivity index (χ3v) is 8.93. The fourth-order valence-electron chi connectivity index (χ4n) is 5.02. The number of sulfonamides is 1. The van der Waals surface area contributed by atoms with Crippen LogP contribution in [0.4, 0.5) is 0 Å². The van der Waals surface area contributed by atoms with E-state index in [1.54, 1.807) is 31.3 Å². The van der Waals surface area contributed by atoms with Gasteiger partial charge in [-0.3, -0.25) is 0 Å². The minimum Gasteiger partial charge on any atom is -0.303 e. The lowest BCUT2D eigenvalue weighted by Gasteiger charge is -2.33. The first-order chi connectivity index (χ1) is 16.4. The maximum absolute atomic E-state index is 13.2. The van der Waals surface area contributed by atoms with E-state index in [0.717, 1.165) is 26.1 Å². The summed E-state index contributed by atoms with van der Waals surface area (Å²) < 4.78 is 27.8. The molecule has 0 bridgehead atoms. The molecular formula is C29H36N2O2S. The van der Waals surface area contributed by atoms with E-state index in [-0.39, 0.29) is 5.92 Å². The van der Waals surface area contributed by atoms with E-state index in [4.69, 9.17) is 0 Å². The quantitative estimate of drug-likeness (QED) is 0.400. The first-order valence-corrected chi connectivity index (χ1v) is 13.7. The molecule has 1 fully saturated rings. The van der Waals surface area contributed by atoms with Gasteiger partial charge in [0.15, 0.2) is 0 Å². The van der Waals surface area contributed by atoms with E-state index in [1.165, 1.54) is 33.8 Å². The van der Waals surface area contributed by atoms with Gasteiger partial charge in [0, 0.05) is 13.6 Å². The summed E-state index contributed by atoms with van der Waals surface area (Å²) in [5.74, 6) is 0.794. The Hall–Kier alpha value is -2.47. The van der Waals surface area contributed by atoms with E-state index in [9.17, 15) is 8.42 Å². The van der Waals surface area contributed by atoms with Crippen LogP contribution in [0.5, 0.6) is 0 Å². The molecule has 0 aromatic heterocycles. The number of benzene rings is 3. The topological polar surface area (TPSA) is 40.6 Å². The molecule has 0 aliphatic carbocycles. The van der Waals surface area contributed by atoms with Crippen LogP contribution in [-0.4, -0.2) is 50.8 Å². The number of aryl methyl sites for hydroxylation is 1. The highest BCUT2D eigenvalue weighted by Crippen LogP contribution is 2.30. The van der Waals surface area contributed by atoms with Crippen LogP contribution in [0.25, 0.3) is 0 Å². The summed E-state index contributed by atoms with van der Waals surface area (Å²) in [4.78, 5) is 2.90. The zero-order chi connectivity index (χ0) is 24.0. The van der Waals surface area contributed by atoms with E-state index < -0.39 is 10.0 Å². The molecule has 0 unspecified atom stereocenters. The zero-order valence-corrected chi connectivity index (χ0v) is 21.1. The molecule has 0 N–H and O–H groups in total. The normalized spacial score (nSPS) is 16.6. The summed E-state index contributed by atoms with van der Waals surface area (Å²) in [5, 5.41) is 0. The van der Waals surface area contributed by atoms with Gasteiger partial charge in [0.25, 0.3) is 0 Å². The van der Waals surface area contributed by atoms with Crippen molar-refractivity contribution in [1.82, 2.24) is 9.21 Å². The molecule has 0 radical (unpaired) electrons. The first kappa shape index (κ1) is 24.6.